The normalized spacial score (nSPS) is 15.6. The number of hydrogen-bond acceptors (Lipinski definition) is 8. The van der Waals surface area contributed by atoms with Gasteiger partial charge in [-0.2, -0.15) is 26.3 Å². The molecule has 2 N–H and O–H groups in total. The van der Waals surface area contributed by atoms with E-state index in [2.05, 4.69) is 30.6 Å². The Kier molecular flexibility index (Phi) is 11.8. The SMILES string of the molecule is O=C(O)C(F)(F)F.O=C(O)C(F)(F)F.c1ccc(COCC2CN(Cc3nccs3)Cc3nccn3C2)nc1. The van der Waals surface area contributed by atoms with E-state index in [1.807, 2.05) is 36.0 Å². The van der Waals surface area contributed by atoms with Crippen molar-refractivity contribution in [3.05, 3.63) is 64.9 Å². The third-order valence-corrected chi connectivity index (χ3v) is 5.56. The topological polar surface area (TPSA) is 131 Å². The van der Waals surface area contributed by atoms with Gasteiger partial charge < -0.3 is 19.5 Å². The third kappa shape index (κ3) is 11.8. The van der Waals surface area contributed by atoms with Crippen LogP contribution in [0.25, 0.3) is 0 Å². The Hall–Kier alpha value is -3.57. The number of aromatic nitrogens is 4. The predicted molar refractivity (Wildman–Crippen MR) is 123 cm³/mol. The molecule has 10 nitrogen and oxygen atoms in total. The number of thiazole rings is 1. The first kappa shape index (κ1) is 31.6. The van der Waals surface area contributed by atoms with Gasteiger partial charge in [-0.25, -0.2) is 19.6 Å². The molecule has 0 spiro atoms. The highest BCUT2D eigenvalue weighted by Gasteiger charge is 2.38. The first-order valence-corrected chi connectivity index (χ1v) is 11.8. The summed E-state index contributed by atoms with van der Waals surface area (Å²) >= 11 is 1.70. The van der Waals surface area contributed by atoms with Crippen molar-refractivity contribution < 1.29 is 50.9 Å². The van der Waals surface area contributed by atoms with Crippen molar-refractivity contribution in [3.8, 4) is 0 Å². The van der Waals surface area contributed by atoms with E-state index in [4.69, 9.17) is 24.5 Å². The zero-order chi connectivity index (χ0) is 29.1. The maximum atomic E-state index is 10.6. The molecule has 1 atom stereocenters. The number of fused-ring (bicyclic) bond motifs is 1. The van der Waals surface area contributed by atoms with Gasteiger partial charge >= 0.3 is 24.3 Å². The van der Waals surface area contributed by atoms with Gasteiger partial charge in [0, 0.05) is 49.2 Å². The largest absolute Gasteiger partial charge is 0.490 e. The highest BCUT2D eigenvalue weighted by molar-refractivity contribution is 7.09. The number of hydrogen-bond donors (Lipinski definition) is 2. The summed E-state index contributed by atoms with van der Waals surface area (Å²) in [5.41, 5.74) is 0.971. The molecule has 1 aliphatic heterocycles. The minimum atomic E-state index is -5.08. The van der Waals surface area contributed by atoms with Gasteiger partial charge in [0.05, 0.1) is 32.0 Å². The number of nitrogens with zero attached hydrogens (tertiary/aromatic N) is 5. The number of halogens is 6. The van der Waals surface area contributed by atoms with Gasteiger partial charge in [-0.15, -0.1) is 11.3 Å². The van der Waals surface area contributed by atoms with Gasteiger partial charge in [0.15, 0.2) is 0 Å². The molecule has 1 unspecified atom stereocenters. The van der Waals surface area contributed by atoms with E-state index in [9.17, 15) is 26.3 Å². The van der Waals surface area contributed by atoms with Crippen LogP contribution in [0.5, 0.6) is 0 Å². The summed E-state index contributed by atoms with van der Waals surface area (Å²) < 4.78 is 71.7. The summed E-state index contributed by atoms with van der Waals surface area (Å²) in [6.07, 6.45) is -2.55. The highest BCUT2D eigenvalue weighted by Crippen LogP contribution is 2.19. The van der Waals surface area contributed by atoms with E-state index in [1.165, 1.54) is 0 Å². The highest BCUT2D eigenvalue weighted by atomic mass is 32.1. The molecule has 39 heavy (non-hydrogen) atoms. The van der Waals surface area contributed by atoms with E-state index < -0.39 is 24.3 Å². The molecule has 0 fully saturated rings. The number of carboxylic acid groups (broad SMARTS) is 2. The lowest BCUT2D eigenvalue weighted by atomic mass is 10.1. The Labute approximate surface area is 221 Å². The van der Waals surface area contributed by atoms with Crippen LogP contribution in [0.15, 0.2) is 48.4 Å². The van der Waals surface area contributed by atoms with Crippen LogP contribution in [0.2, 0.25) is 0 Å². The van der Waals surface area contributed by atoms with E-state index in [1.54, 1.807) is 17.5 Å². The van der Waals surface area contributed by atoms with E-state index >= 15 is 0 Å². The van der Waals surface area contributed by atoms with Gasteiger partial charge in [-0.1, -0.05) is 6.07 Å². The fourth-order valence-corrected chi connectivity index (χ4v) is 3.84. The summed E-state index contributed by atoms with van der Waals surface area (Å²) in [4.78, 5) is 33.5. The fraction of sp³-hybridized carbons (Fsp3) is 0.409. The number of imidazole rings is 1. The van der Waals surface area contributed by atoms with Gasteiger partial charge in [0.25, 0.3) is 0 Å². The first-order valence-electron chi connectivity index (χ1n) is 10.9. The summed E-state index contributed by atoms with van der Waals surface area (Å²) in [6.45, 7) is 4.89. The van der Waals surface area contributed by atoms with Crippen molar-refractivity contribution >= 4 is 23.3 Å². The molecule has 3 aromatic rings. The van der Waals surface area contributed by atoms with Crippen molar-refractivity contribution in [1.29, 1.82) is 0 Å². The zero-order valence-corrected chi connectivity index (χ0v) is 20.8. The van der Waals surface area contributed by atoms with Crippen molar-refractivity contribution in [1.82, 2.24) is 24.4 Å². The Morgan fingerprint density at radius 1 is 0.974 bits per heavy atom. The molecule has 214 valence electrons. The second-order valence-corrected chi connectivity index (χ2v) is 8.88. The molecule has 1 aliphatic rings. The van der Waals surface area contributed by atoms with E-state index in [0.717, 1.165) is 42.7 Å². The second kappa shape index (κ2) is 14.5. The zero-order valence-electron chi connectivity index (χ0n) is 20.0. The third-order valence-electron chi connectivity index (χ3n) is 4.80. The molecular formula is C22H23F6N5O5S. The summed E-state index contributed by atoms with van der Waals surface area (Å²) in [5, 5.41) is 17.4. The van der Waals surface area contributed by atoms with E-state index in [-0.39, 0.29) is 0 Å². The maximum Gasteiger partial charge on any atom is 0.490 e. The summed E-state index contributed by atoms with van der Waals surface area (Å²) in [7, 11) is 0. The Morgan fingerprint density at radius 2 is 1.64 bits per heavy atom. The lowest BCUT2D eigenvalue weighted by molar-refractivity contribution is -0.193. The van der Waals surface area contributed by atoms with Crippen LogP contribution in [-0.4, -0.2) is 72.1 Å². The van der Waals surface area contributed by atoms with E-state index in [0.29, 0.717) is 19.1 Å². The maximum absolute atomic E-state index is 10.6. The minimum absolute atomic E-state index is 0.416. The number of rotatable bonds is 6. The van der Waals surface area contributed by atoms with Crippen LogP contribution in [0.1, 0.15) is 16.5 Å². The van der Waals surface area contributed by atoms with Crippen molar-refractivity contribution in [2.24, 2.45) is 5.92 Å². The number of ether oxygens (including phenoxy) is 1. The van der Waals surface area contributed by atoms with Crippen molar-refractivity contribution in [2.75, 3.05) is 13.2 Å². The number of carboxylic acids is 2. The predicted octanol–water partition coefficient (Wildman–Crippen LogP) is 3.85. The number of carbonyl (C=O) groups is 2. The molecule has 0 saturated heterocycles. The lowest BCUT2D eigenvalue weighted by Gasteiger charge is -2.22. The smallest absolute Gasteiger partial charge is 0.475 e. The molecule has 4 rings (SSSR count). The lowest BCUT2D eigenvalue weighted by Crippen LogP contribution is -2.30. The van der Waals surface area contributed by atoms with Crippen molar-refractivity contribution in [2.45, 2.75) is 38.6 Å². The monoisotopic (exact) mass is 583 g/mol. The number of alkyl halides is 6. The molecule has 0 amide bonds. The fourth-order valence-electron chi connectivity index (χ4n) is 3.19. The quantitative estimate of drug-likeness (QED) is 0.416. The second-order valence-electron chi connectivity index (χ2n) is 7.90. The van der Waals surface area contributed by atoms with Gasteiger partial charge in [0.1, 0.15) is 10.8 Å². The van der Waals surface area contributed by atoms with Crippen LogP contribution < -0.4 is 0 Å². The molecule has 3 aromatic heterocycles. The molecule has 4 heterocycles. The minimum Gasteiger partial charge on any atom is -0.475 e. The van der Waals surface area contributed by atoms with Crippen LogP contribution in [0, 0.1) is 5.92 Å². The molecular weight excluding hydrogens is 560 g/mol. The van der Waals surface area contributed by atoms with Crippen LogP contribution in [-0.2, 0) is 40.6 Å². The Morgan fingerprint density at radius 3 is 2.18 bits per heavy atom. The van der Waals surface area contributed by atoms with Gasteiger partial charge in [-0.05, 0) is 12.1 Å². The number of aliphatic carboxylic acids is 2. The Balaban J connectivity index is 0.000000317. The molecule has 0 aliphatic carbocycles. The summed E-state index contributed by atoms with van der Waals surface area (Å²) in [5.74, 6) is -3.98. The Bertz CT molecular complexity index is 1130. The average Bonchev–Trinajstić information content (AvgIpc) is 3.48. The molecule has 0 bridgehead atoms. The summed E-state index contributed by atoms with van der Waals surface area (Å²) in [6, 6.07) is 5.91. The number of pyridine rings is 1. The van der Waals surface area contributed by atoms with Crippen molar-refractivity contribution in [3.63, 3.8) is 0 Å². The molecule has 0 saturated carbocycles. The average molecular weight is 584 g/mol. The van der Waals surface area contributed by atoms with Crippen LogP contribution >= 0.6 is 11.3 Å². The molecule has 0 aromatic carbocycles. The van der Waals surface area contributed by atoms with Crippen LogP contribution in [0.4, 0.5) is 26.3 Å². The molecule has 17 heteroatoms. The molecule has 0 radical (unpaired) electrons. The standard InChI is InChI=1S/C18H21N5OS.2C2HF3O2/c1-2-4-19-16(3-1)14-24-13-15-9-22(12-18-21-6-8-25-18)11-17-20-5-7-23(17)10-15;2*3-2(4,5)1(6)7/h1-8,15H,9-14H2;2*(H,6,7). The van der Waals surface area contributed by atoms with Gasteiger partial charge in [0.2, 0.25) is 0 Å². The van der Waals surface area contributed by atoms with Gasteiger partial charge in [-0.3, -0.25) is 9.88 Å². The first-order chi connectivity index (χ1) is 18.3. The van der Waals surface area contributed by atoms with Crippen LogP contribution in [0.3, 0.4) is 0 Å².